The second-order valence-electron chi connectivity index (χ2n) is 4.56. The SMILES string of the molecule is CCOCC(C)(CN)N(C)CCN(C)C. The van der Waals surface area contributed by atoms with Gasteiger partial charge >= 0.3 is 0 Å². The summed E-state index contributed by atoms with van der Waals surface area (Å²) in [4.78, 5) is 4.46. The molecule has 0 saturated heterocycles. The maximum absolute atomic E-state index is 5.82. The van der Waals surface area contributed by atoms with Crippen molar-refractivity contribution in [3.05, 3.63) is 0 Å². The monoisotopic (exact) mass is 217 g/mol. The summed E-state index contributed by atoms with van der Waals surface area (Å²) < 4.78 is 5.48. The third-order valence-electron chi connectivity index (χ3n) is 2.86. The fraction of sp³-hybridized carbons (Fsp3) is 1.00. The maximum atomic E-state index is 5.82. The van der Waals surface area contributed by atoms with Gasteiger partial charge in [0.1, 0.15) is 0 Å². The lowest BCUT2D eigenvalue weighted by atomic mass is 10.0. The molecule has 4 nitrogen and oxygen atoms in total. The van der Waals surface area contributed by atoms with Crippen LogP contribution in [0.3, 0.4) is 0 Å². The van der Waals surface area contributed by atoms with Crippen LogP contribution in [0.2, 0.25) is 0 Å². The zero-order valence-corrected chi connectivity index (χ0v) is 10.9. The molecule has 0 aromatic rings. The molecule has 0 bridgehead atoms. The lowest BCUT2D eigenvalue weighted by Crippen LogP contribution is -2.54. The summed E-state index contributed by atoms with van der Waals surface area (Å²) in [6.07, 6.45) is 0. The van der Waals surface area contributed by atoms with Gasteiger partial charge in [-0.05, 0) is 35.0 Å². The smallest absolute Gasteiger partial charge is 0.0659 e. The van der Waals surface area contributed by atoms with E-state index in [0.717, 1.165) is 19.7 Å². The zero-order chi connectivity index (χ0) is 11.9. The largest absolute Gasteiger partial charge is 0.380 e. The Labute approximate surface area is 94.4 Å². The Morgan fingerprint density at radius 1 is 1.20 bits per heavy atom. The van der Waals surface area contributed by atoms with Crippen LogP contribution >= 0.6 is 0 Å². The lowest BCUT2D eigenvalue weighted by molar-refractivity contribution is 0.0217. The first-order chi connectivity index (χ1) is 6.96. The van der Waals surface area contributed by atoms with Crippen molar-refractivity contribution in [2.45, 2.75) is 19.4 Å². The zero-order valence-electron chi connectivity index (χ0n) is 10.9. The van der Waals surface area contributed by atoms with Gasteiger partial charge in [0.15, 0.2) is 0 Å². The highest BCUT2D eigenvalue weighted by atomic mass is 16.5. The van der Waals surface area contributed by atoms with Crippen molar-refractivity contribution < 1.29 is 4.74 Å². The fourth-order valence-electron chi connectivity index (χ4n) is 1.27. The van der Waals surface area contributed by atoms with Crippen LogP contribution in [0.1, 0.15) is 13.8 Å². The summed E-state index contributed by atoms with van der Waals surface area (Å²) in [6, 6.07) is 0. The predicted molar refractivity (Wildman–Crippen MR) is 65.1 cm³/mol. The molecule has 0 aliphatic carbocycles. The highest BCUT2D eigenvalue weighted by Crippen LogP contribution is 2.11. The molecule has 2 N–H and O–H groups in total. The van der Waals surface area contributed by atoms with Gasteiger partial charge in [-0.15, -0.1) is 0 Å². The predicted octanol–water partition coefficient (Wildman–Crippen LogP) is 0.234. The van der Waals surface area contributed by atoms with E-state index in [2.05, 4.69) is 37.9 Å². The van der Waals surface area contributed by atoms with Gasteiger partial charge < -0.3 is 15.4 Å². The Hall–Kier alpha value is -0.160. The van der Waals surface area contributed by atoms with Gasteiger partial charge in [-0.25, -0.2) is 0 Å². The van der Waals surface area contributed by atoms with Crippen molar-refractivity contribution in [1.29, 1.82) is 0 Å². The Bertz CT molecular complexity index is 164. The second-order valence-corrected chi connectivity index (χ2v) is 4.56. The molecule has 0 radical (unpaired) electrons. The number of nitrogens with two attached hydrogens (primary N) is 1. The van der Waals surface area contributed by atoms with Crippen LogP contribution in [0, 0.1) is 0 Å². The summed E-state index contributed by atoms with van der Waals surface area (Å²) >= 11 is 0. The van der Waals surface area contributed by atoms with Gasteiger partial charge in [0.05, 0.1) is 12.1 Å². The first-order valence-electron chi connectivity index (χ1n) is 5.60. The Balaban J connectivity index is 4.11. The van der Waals surface area contributed by atoms with E-state index in [1.807, 2.05) is 6.92 Å². The molecule has 1 unspecified atom stereocenters. The molecule has 0 rings (SSSR count). The highest BCUT2D eigenvalue weighted by molar-refractivity contribution is 4.85. The number of likely N-dealkylation sites (N-methyl/N-ethyl adjacent to an activating group) is 2. The molecule has 0 aliphatic rings. The van der Waals surface area contributed by atoms with Gasteiger partial charge in [-0.2, -0.15) is 0 Å². The summed E-state index contributed by atoms with van der Waals surface area (Å²) in [5.74, 6) is 0. The number of hydrogen-bond donors (Lipinski definition) is 1. The average Bonchev–Trinajstić information content (AvgIpc) is 2.22. The Morgan fingerprint density at radius 3 is 2.20 bits per heavy atom. The summed E-state index contributed by atoms with van der Waals surface area (Å²) in [5.41, 5.74) is 5.77. The van der Waals surface area contributed by atoms with E-state index in [4.69, 9.17) is 10.5 Å². The normalized spacial score (nSPS) is 16.0. The third kappa shape index (κ3) is 5.47. The molecule has 0 amide bonds. The van der Waals surface area contributed by atoms with Crippen molar-refractivity contribution in [3.8, 4) is 0 Å². The standard InChI is InChI=1S/C11H27N3O/c1-6-15-10-11(2,9-12)14(5)8-7-13(3)4/h6-10,12H2,1-5H3. The molecular formula is C11H27N3O. The number of nitrogens with zero attached hydrogens (tertiary/aromatic N) is 2. The van der Waals surface area contributed by atoms with Crippen molar-refractivity contribution in [2.24, 2.45) is 5.73 Å². The molecule has 0 spiro atoms. The van der Waals surface area contributed by atoms with Crippen LogP contribution in [-0.4, -0.2) is 69.3 Å². The Kier molecular flexibility index (Phi) is 7.09. The molecule has 92 valence electrons. The van der Waals surface area contributed by atoms with Crippen molar-refractivity contribution in [3.63, 3.8) is 0 Å². The van der Waals surface area contributed by atoms with E-state index in [1.165, 1.54) is 0 Å². The minimum absolute atomic E-state index is 0.0496. The quantitative estimate of drug-likeness (QED) is 0.632. The summed E-state index contributed by atoms with van der Waals surface area (Å²) in [5, 5.41) is 0. The molecule has 0 saturated carbocycles. The molecule has 0 aromatic heterocycles. The lowest BCUT2D eigenvalue weighted by Gasteiger charge is -2.38. The second kappa shape index (κ2) is 7.17. The molecule has 4 heteroatoms. The molecule has 1 atom stereocenters. The topological polar surface area (TPSA) is 41.7 Å². The van der Waals surface area contributed by atoms with Crippen LogP contribution in [0.5, 0.6) is 0 Å². The maximum Gasteiger partial charge on any atom is 0.0659 e. The van der Waals surface area contributed by atoms with Gasteiger partial charge in [-0.3, -0.25) is 4.90 Å². The molecule has 0 fully saturated rings. The first kappa shape index (κ1) is 14.8. The van der Waals surface area contributed by atoms with Crippen LogP contribution in [0.15, 0.2) is 0 Å². The highest BCUT2D eigenvalue weighted by Gasteiger charge is 2.27. The van der Waals surface area contributed by atoms with Crippen LogP contribution < -0.4 is 5.73 Å². The number of rotatable bonds is 8. The van der Waals surface area contributed by atoms with E-state index in [9.17, 15) is 0 Å². The van der Waals surface area contributed by atoms with E-state index in [0.29, 0.717) is 13.2 Å². The van der Waals surface area contributed by atoms with E-state index >= 15 is 0 Å². The molecule has 0 aliphatic heterocycles. The number of hydrogen-bond acceptors (Lipinski definition) is 4. The van der Waals surface area contributed by atoms with Crippen molar-refractivity contribution in [1.82, 2.24) is 9.80 Å². The molecule has 0 aromatic carbocycles. The third-order valence-corrected chi connectivity index (χ3v) is 2.86. The van der Waals surface area contributed by atoms with E-state index in [1.54, 1.807) is 0 Å². The van der Waals surface area contributed by atoms with Gasteiger partial charge in [0.25, 0.3) is 0 Å². The fourth-order valence-corrected chi connectivity index (χ4v) is 1.27. The summed E-state index contributed by atoms with van der Waals surface area (Å²) in [7, 11) is 6.27. The summed E-state index contributed by atoms with van der Waals surface area (Å²) in [6.45, 7) is 8.28. The minimum atomic E-state index is -0.0496. The van der Waals surface area contributed by atoms with Gasteiger partial charge in [-0.1, -0.05) is 0 Å². The average molecular weight is 217 g/mol. The van der Waals surface area contributed by atoms with E-state index < -0.39 is 0 Å². The first-order valence-corrected chi connectivity index (χ1v) is 5.60. The molecule has 15 heavy (non-hydrogen) atoms. The molecule has 0 heterocycles. The van der Waals surface area contributed by atoms with Gasteiger partial charge in [0.2, 0.25) is 0 Å². The van der Waals surface area contributed by atoms with Crippen LogP contribution in [0.25, 0.3) is 0 Å². The van der Waals surface area contributed by atoms with Crippen LogP contribution in [0.4, 0.5) is 0 Å². The van der Waals surface area contributed by atoms with Crippen molar-refractivity contribution in [2.75, 3.05) is 54.0 Å². The Morgan fingerprint density at radius 2 is 1.80 bits per heavy atom. The van der Waals surface area contributed by atoms with Gasteiger partial charge in [0, 0.05) is 26.2 Å². The number of ether oxygens (including phenoxy) is 1. The minimum Gasteiger partial charge on any atom is -0.380 e. The van der Waals surface area contributed by atoms with Crippen molar-refractivity contribution >= 4 is 0 Å². The van der Waals surface area contributed by atoms with E-state index in [-0.39, 0.29) is 5.54 Å². The molecular weight excluding hydrogens is 190 g/mol. The van der Waals surface area contributed by atoms with Crippen LogP contribution in [-0.2, 0) is 4.74 Å².